The Morgan fingerprint density at radius 3 is 2.06 bits per heavy atom. The average Bonchev–Trinajstić information content (AvgIpc) is 3.63. The van der Waals surface area contributed by atoms with E-state index in [1.165, 1.54) is 22.3 Å². The molecule has 6 heteroatoms. The van der Waals surface area contributed by atoms with E-state index in [9.17, 15) is 0 Å². The van der Waals surface area contributed by atoms with Crippen molar-refractivity contribution in [3.05, 3.63) is 150 Å². The number of para-hydroxylation sites is 1. The molecule has 0 saturated carbocycles. The maximum atomic E-state index is 6.55. The third-order valence-electron chi connectivity index (χ3n) is 9.96. The predicted octanol–water partition coefficient (Wildman–Crippen LogP) is 12.2. The minimum Gasteiger partial charge on any atom is -0.509 e. The molecule has 5 aromatic carbocycles. The molecule has 0 bridgehead atoms. The topological polar surface area (TPSA) is 33.5 Å². The molecule has 0 atom stereocenters. The quantitative estimate of drug-likeness (QED) is 0.161. The maximum Gasteiger partial charge on any atom is 0.135 e. The van der Waals surface area contributed by atoms with E-state index >= 15 is 0 Å². The SMILES string of the molecule is Cc1cc2c(cc1C)N(c1cccc(C(C)(C)C)c1)[CH-]N2c1[c-]c(Oc2[c-]c3c(cc2)c2ccccc2n3-c2cc(C(C)(C)C)ccn2)ccc1.[Pt]. The minimum atomic E-state index is -0.00636. The first-order valence-electron chi connectivity index (χ1n) is 17.6. The Balaban J connectivity index is 0.00000420. The molecule has 0 radical (unpaired) electrons. The van der Waals surface area contributed by atoms with Gasteiger partial charge in [0.1, 0.15) is 5.82 Å². The van der Waals surface area contributed by atoms with Crippen molar-refractivity contribution in [1.29, 1.82) is 0 Å². The number of anilines is 4. The number of aromatic nitrogens is 2. The van der Waals surface area contributed by atoms with E-state index in [4.69, 9.17) is 9.72 Å². The summed E-state index contributed by atoms with van der Waals surface area (Å²) in [6, 6.07) is 43.4. The molecule has 5 nitrogen and oxygen atoms in total. The van der Waals surface area contributed by atoms with Crippen LogP contribution in [0.15, 0.2) is 109 Å². The fourth-order valence-corrected chi connectivity index (χ4v) is 6.87. The standard InChI is InChI=1S/C46H43N4O.Pt/c1-30-23-42-43(24-31(30)2)49(29-48(42)34-14-11-13-32(25-34)45(3,4)5)35-15-12-16-36(27-35)51-37-19-20-39-38-17-9-10-18-40(38)50(41(39)28-37)44-26-33(21-22-47-44)46(6,7)8;/h9-26,29H,1-8H3;/q-3;. The predicted molar refractivity (Wildman–Crippen MR) is 211 cm³/mol. The van der Waals surface area contributed by atoms with Crippen molar-refractivity contribution in [1.82, 2.24) is 9.55 Å². The molecule has 0 aliphatic carbocycles. The number of hydrogen-bond acceptors (Lipinski definition) is 4. The van der Waals surface area contributed by atoms with Crippen LogP contribution in [0.4, 0.5) is 22.7 Å². The Morgan fingerprint density at radius 1 is 0.635 bits per heavy atom. The van der Waals surface area contributed by atoms with E-state index in [-0.39, 0.29) is 31.9 Å². The Morgan fingerprint density at radius 2 is 1.31 bits per heavy atom. The molecule has 0 unspecified atom stereocenters. The third kappa shape index (κ3) is 6.41. The Hall–Kier alpha value is -4.86. The maximum absolute atomic E-state index is 6.55. The average molecular weight is 863 g/mol. The Kier molecular flexibility index (Phi) is 9.07. The van der Waals surface area contributed by atoms with Crippen molar-refractivity contribution in [3.8, 4) is 17.3 Å². The zero-order chi connectivity index (χ0) is 35.7. The number of nitrogens with zero attached hydrogens (tertiary/aromatic N) is 4. The molecular weight excluding hydrogens is 820 g/mol. The smallest absolute Gasteiger partial charge is 0.135 e. The van der Waals surface area contributed by atoms with Crippen molar-refractivity contribution in [3.63, 3.8) is 0 Å². The molecule has 1 aliphatic rings. The fourth-order valence-electron chi connectivity index (χ4n) is 6.87. The summed E-state index contributed by atoms with van der Waals surface area (Å²) >= 11 is 0. The normalized spacial score (nSPS) is 13.1. The van der Waals surface area contributed by atoms with Crippen molar-refractivity contribution in [2.75, 3.05) is 9.80 Å². The summed E-state index contributed by atoms with van der Waals surface area (Å²) in [4.78, 5) is 9.31. The molecule has 0 spiro atoms. The van der Waals surface area contributed by atoms with Gasteiger partial charge in [0.15, 0.2) is 0 Å². The van der Waals surface area contributed by atoms with Gasteiger partial charge in [-0.3, -0.25) is 0 Å². The van der Waals surface area contributed by atoms with Gasteiger partial charge in [0.05, 0.1) is 0 Å². The molecule has 0 saturated heterocycles. The van der Waals surface area contributed by atoms with Crippen LogP contribution in [0.1, 0.15) is 63.8 Å². The minimum absolute atomic E-state index is 0. The van der Waals surface area contributed by atoms with Crippen LogP contribution in [0.3, 0.4) is 0 Å². The van der Waals surface area contributed by atoms with Crippen molar-refractivity contribution >= 4 is 44.6 Å². The molecule has 3 heterocycles. The second kappa shape index (κ2) is 13.3. The molecule has 1 aliphatic heterocycles. The molecule has 8 rings (SSSR count). The number of fused-ring (bicyclic) bond motifs is 4. The Labute approximate surface area is 322 Å². The van der Waals surface area contributed by atoms with Gasteiger partial charge in [-0.15, -0.1) is 48.1 Å². The van der Waals surface area contributed by atoms with Crippen LogP contribution in [0, 0.1) is 32.6 Å². The molecule has 0 amide bonds. The molecular formula is C46H43N4OPt-3. The van der Waals surface area contributed by atoms with Crippen molar-refractivity contribution in [2.24, 2.45) is 0 Å². The second-order valence-electron chi connectivity index (χ2n) is 15.7. The van der Waals surface area contributed by atoms with Crippen LogP contribution in [0.2, 0.25) is 0 Å². The van der Waals surface area contributed by atoms with E-state index in [1.54, 1.807) is 0 Å². The van der Waals surface area contributed by atoms with Gasteiger partial charge >= 0.3 is 0 Å². The first kappa shape index (κ1) is 35.5. The van der Waals surface area contributed by atoms with Crippen molar-refractivity contribution < 1.29 is 25.8 Å². The fraction of sp³-hybridized carbons (Fsp3) is 0.217. The van der Waals surface area contributed by atoms with Crippen LogP contribution >= 0.6 is 0 Å². The molecule has 7 aromatic rings. The van der Waals surface area contributed by atoms with Gasteiger partial charge in [-0.1, -0.05) is 77.4 Å². The third-order valence-corrected chi connectivity index (χ3v) is 9.96. The number of rotatable bonds is 5. The molecule has 266 valence electrons. The van der Waals surface area contributed by atoms with Crippen LogP contribution < -0.4 is 14.5 Å². The first-order valence-corrected chi connectivity index (χ1v) is 17.6. The first-order chi connectivity index (χ1) is 24.3. The molecule has 0 N–H and O–H groups in total. The summed E-state index contributed by atoms with van der Waals surface area (Å²) in [6.45, 7) is 19.9. The van der Waals surface area contributed by atoms with Gasteiger partial charge in [-0.05, 0) is 94.8 Å². The number of ether oxygens (including phenoxy) is 1. The van der Waals surface area contributed by atoms with Gasteiger partial charge in [-0.2, -0.15) is 12.1 Å². The van der Waals surface area contributed by atoms with E-state index in [0.29, 0.717) is 11.5 Å². The summed E-state index contributed by atoms with van der Waals surface area (Å²) in [5.41, 5.74) is 11.3. The number of hydrogen-bond donors (Lipinski definition) is 0. The summed E-state index contributed by atoms with van der Waals surface area (Å²) in [6.07, 6.45) is 1.90. The Bertz CT molecular complexity index is 2450. The molecule has 2 aromatic heterocycles. The second-order valence-corrected chi connectivity index (χ2v) is 15.7. The number of benzene rings is 5. The summed E-state index contributed by atoms with van der Waals surface area (Å²) in [5, 5.41) is 2.25. The summed E-state index contributed by atoms with van der Waals surface area (Å²) in [5.74, 6) is 2.09. The van der Waals surface area contributed by atoms with Crippen LogP contribution in [0.25, 0.3) is 27.6 Å². The van der Waals surface area contributed by atoms with Gasteiger partial charge in [0, 0.05) is 61.3 Å². The van der Waals surface area contributed by atoms with Gasteiger partial charge in [0.2, 0.25) is 0 Å². The van der Waals surface area contributed by atoms with Gasteiger partial charge in [-0.25, -0.2) is 4.98 Å². The van der Waals surface area contributed by atoms with E-state index < -0.39 is 0 Å². The summed E-state index contributed by atoms with van der Waals surface area (Å²) < 4.78 is 8.74. The monoisotopic (exact) mass is 862 g/mol. The summed E-state index contributed by atoms with van der Waals surface area (Å²) in [7, 11) is 0. The molecule has 52 heavy (non-hydrogen) atoms. The van der Waals surface area contributed by atoms with Crippen LogP contribution in [0.5, 0.6) is 11.5 Å². The molecule has 0 fully saturated rings. The van der Waals surface area contributed by atoms with E-state index in [0.717, 1.165) is 50.4 Å². The van der Waals surface area contributed by atoms with Gasteiger partial charge < -0.3 is 19.1 Å². The van der Waals surface area contributed by atoms with E-state index in [2.05, 4.69) is 173 Å². The van der Waals surface area contributed by atoms with Crippen LogP contribution in [-0.2, 0) is 31.9 Å². The van der Waals surface area contributed by atoms with Crippen molar-refractivity contribution in [2.45, 2.75) is 66.2 Å². The zero-order valence-electron chi connectivity index (χ0n) is 31.0. The number of aryl methyl sites for hydroxylation is 2. The van der Waals surface area contributed by atoms with Gasteiger partial charge in [0.25, 0.3) is 0 Å². The van der Waals surface area contributed by atoms with E-state index in [1.807, 2.05) is 24.4 Å². The largest absolute Gasteiger partial charge is 0.509 e. The number of pyridine rings is 1. The van der Waals surface area contributed by atoms with Crippen LogP contribution in [-0.4, -0.2) is 9.55 Å². The zero-order valence-corrected chi connectivity index (χ0v) is 33.3.